The van der Waals surface area contributed by atoms with Gasteiger partial charge in [-0.1, -0.05) is 6.42 Å². The first-order chi connectivity index (χ1) is 10.2. The van der Waals surface area contributed by atoms with Crippen molar-refractivity contribution < 1.29 is 9.59 Å². The highest BCUT2D eigenvalue weighted by molar-refractivity contribution is 5.80. The number of piperidine rings is 1. The number of hydrogen-bond donors (Lipinski definition) is 0. The summed E-state index contributed by atoms with van der Waals surface area (Å²) in [4.78, 5) is 30.7. The van der Waals surface area contributed by atoms with Crippen LogP contribution in [0.2, 0.25) is 0 Å². The van der Waals surface area contributed by atoms with E-state index >= 15 is 0 Å². The van der Waals surface area contributed by atoms with Crippen LogP contribution in [0.1, 0.15) is 38.5 Å². The van der Waals surface area contributed by atoms with Crippen molar-refractivity contribution in [1.29, 1.82) is 0 Å². The molecule has 2 aliphatic heterocycles. The fraction of sp³-hybridized carbons (Fsp3) is 0.875. The molecule has 1 saturated carbocycles. The maximum atomic E-state index is 12.2. The van der Waals surface area contributed by atoms with Crippen LogP contribution in [0.25, 0.3) is 0 Å². The Morgan fingerprint density at radius 2 is 1.43 bits per heavy atom. The first-order valence-electron chi connectivity index (χ1n) is 8.53. The molecule has 2 amide bonds. The lowest BCUT2D eigenvalue weighted by Gasteiger charge is -2.38. The molecule has 118 valence electrons. The number of likely N-dealkylation sites (tertiary alicyclic amines) is 1. The molecule has 21 heavy (non-hydrogen) atoms. The largest absolute Gasteiger partial charge is 0.342 e. The molecule has 0 spiro atoms. The molecule has 3 fully saturated rings. The van der Waals surface area contributed by atoms with Gasteiger partial charge in [0.2, 0.25) is 11.8 Å². The Kier molecular flexibility index (Phi) is 4.78. The molecule has 0 atom stereocenters. The number of rotatable bonds is 3. The predicted octanol–water partition coefficient (Wildman–Crippen LogP) is 0.943. The van der Waals surface area contributed by atoms with Gasteiger partial charge in [-0.25, -0.2) is 0 Å². The van der Waals surface area contributed by atoms with Gasteiger partial charge in [0.1, 0.15) is 0 Å². The molecular weight excluding hydrogens is 266 g/mol. The highest BCUT2D eigenvalue weighted by Gasteiger charge is 2.31. The van der Waals surface area contributed by atoms with E-state index in [2.05, 4.69) is 4.90 Å². The maximum Gasteiger partial charge on any atom is 0.236 e. The van der Waals surface area contributed by atoms with E-state index in [4.69, 9.17) is 0 Å². The zero-order chi connectivity index (χ0) is 14.7. The summed E-state index contributed by atoms with van der Waals surface area (Å²) in [6.45, 7) is 5.67. The average molecular weight is 293 g/mol. The SMILES string of the molecule is O=C(CN1CCN(C(=O)C2CCC2)CC1)N1CCCCC1. The van der Waals surface area contributed by atoms with E-state index in [1.54, 1.807) is 0 Å². The van der Waals surface area contributed by atoms with E-state index in [0.29, 0.717) is 18.4 Å². The third-order valence-electron chi connectivity index (χ3n) is 5.21. The topological polar surface area (TPSA) is 43.9 Å². The van der Waals surface area contributed by atoms with Crippen LogP contribution in [0.4, 0.5) is 0 Å². The molecule has 5 nitrogen and oxygen atoms in total. The number of nitrogens with zero attached hydrogens (tertiary/aromatic N) is 3. The van der Waals surface area contributed by atoms with Crippen molar-refractivity contribution in [2.24, 2.45) is 5.92 Å². The fourth-order valence-electron chi connectivity index (χ4n) is 3.47. The summed E-state index contributed by atoms with van der Waals surface area (Å²) in [5, 5.41) is 0. The Morgan fingerprint density at radius 1 is 0.762 bits per heavy atom. The number of piperazine rings is 1. The molecule has 0 unspecified atom stereocenters. The summed E-state index contributed by atoms with van der Waals surface area (Å²) in [5.41, 5.74) is 0. The quantitative estimate of drug-likeness (QED) is 0.778. The minimum absolute atomic E-state index is 0.272. The van der Waals surface area contributed by atoms with Crippen LogP contribution in [0, 0.1) is 5.92 Å². The minimum Gasteiger partial charge on any atom is -0.342 e. The second kappa shape index (κ2) is 6.77. The lowest BCUT2D eigenvalue weighted by molar-refractivity contribution is -0.140. The maximum absolute atomic E-state index is 12.2. The van der Waals surface area contributed by atoms with E-state index in [0.717, 1.165) is 65.0 Å². The van der Waals surface area contributed by atoms with Crippen LogP contribution in [0.5, 0.6) is 0 Å². The highest BCUT2D eigenvalue weighted by atomic mass is 16.2. The zero-order valence-electron chi connectivity index (χ0n) is 12.9. The molecule has 2 saturated heterocycles. The summed E-state index contributed by atoms with van der Waals surface area (Å²) in [5.74, 6) is 0.920. The highest BCUT2D eigenvalue weighted by Crippen LogP contribution is 2.28. The zero-order valence-corrected chi connectivity index (χ0v) is 12.9. The summed E-state index contributed by atoms with van der Waals surface area (Å²) < 4.78 is 0. The molecule has 0 radical (unpaired) electrons. The van der Waals surface area contributed by atoms with Gasteiger partial charge >= 0.3 is 0 Å². The molecule has 0 bridgehead atoms. The van der Waals surface area contributed by atoms with E-state index in [-0.39, 0.29) is 5.91 Å². The van der Waals surface area contributed by atoms with Gasteiger partial charge in [0.15, 0.2) is 0 Å². The van der Waals surface area contributed by atoms with Gasteiger partial charge < -0.3 is 9.80 Å². The Labute approximate surface area is 127 Å². The molecule has 0 N–H and O–H groups in total. The van der Waals surface area contributed by atoms with Gasteiger partial charge in [0.05, 0.1) is 6.54 Å². The number of carbonyl (C=O) groups excluding carboxylic acids is 2. The molecule has 2 heterocycles. The van der Waals surface area contributed by atoms with E-state index < -0.39 is 0 Å². The minimum atomic E-state index is 0.272. The van der Waals surface area contributed by atoms with Crippen LogP contribution >= 0.6 is 0 Å². The van der Waals surface area contributed by atoms with Crippen LogP contribution in [0.15, 0.2) is 0 Å². The fourth-order valence-corrected chi connectivity index (χ4v) is 3.47. The van der Waals surface area contributed by atoms with Crippen molar-refractivity contribution in [2.75, 3.05) is 45.8 Å². The third-order valence-corrected chi connectivity index (χ3v) is 5.21. The van der Waals surface area contributed by atoms with Crippen LogP contribution in [0.3, 0.4) is 0 Å². The normalized spacial score (nSPS) is 24.8. The second-order valence-corrected chi connectivity index (χ2v) is 6.67. The smallest absolute Gasteiger partial charge is 0.236 e. The molecule has 5 heteroatoms. The first-order valence-corrected chi connectivity index (χ1v) is 8.53. The van der Waals surface area contributed by atoms with Gasteiger partial charge in [-0.3, -0.25) is 14.5 Å². The molecule has 3 aliphatic rings. The third kappa shape index (κ3) is 3.57. The van der Waals surface area contributed by atoms with E-state index in [1.165, 1.54) is 12.8 Å². The molecule has 3 rings (SSSR count). The van der Waals surface area contributed by atoms with Crippen LogP contribution in [-0.2, 0) is 9.59 Å². The van der Waals surface area contributed by atoms with Crippen molar-refractivity contribution in [3.05, 3.63) is 0 Å². The second-order valence-electron chi connectivity index (χ2n) is 6.67. The number of amides is 2. The van der Waals surface area contributed by atoms with Crippen molar-refractivity contribution >= 4 is 11.8 Å². The van der Waals surface area contributed by atoms with Crippen molar-refractivity contribution in [3.63, 3.8) is 0 Å². The van der Waals surface area contributed by atoms with Gasteiger partial charge in [0.25, 0.3) is 0 Å². The van der Waals surface area contributed by atoms with Gasteiger partial charge in [-0.15, -0.1) is 0 Å². The van der Waals surface area contributed by atoms with Gasteiger partial charge in [-0.2, -0.15) is 0 Å². The van der Waals surface area contributed by atoms with Crippen molar-refractivity contribution in [3.8, 4) is 0 Å². The van der Waals surface area contributed by atoms with E-state index in [1.807, 2.05) is 9.80 Å². The average Bonchev–Trinajstić information content (AvgIpc) is 2.47. The first kappa shape index (κ1) is 14.8. The predicted molar refractivity (Wildman–Crippen MR) is 80.8 cm³/mol. The lowest BCUT2D eigenvalue weighted by Crippen LogP contribution is -2.53. The summed E-state index contributed by atoms with van der Waals surface area (Å²) in [6.07, 6.45) is 6.91. The Morgan fingerprint density at radius 3 is 2.00 bits per heavy atom. The van der Waals surface area contributed by atoms with Gasteiger partial charge in [-0.05, 0) is 32.1 Å². The number of hydrogen-bond acceptors (Lipinski definition) is 3. The monoisotopic (exact) mass is 293 g/mol. The lowest BCUT2D eigenvalue weighted by atomic mass is 9.84. The molecule has 0 aromatic heterocycles. The Hall–Kier alpha value is -1.10. The van der Waals surface area contributed by atoms with Crippen molar-refractivity contribution in [1.82, 2.24) is 14.7 Å². The van der Waals surface area contributed by atoms with Crippen molar-refractivity contribution in [2.45, 2.75) is 38.5 Å². The van der Waals surface area contributed by atoms with E-state index in [9.17, 15) is 9.59 Å². The standard InChI is InChI=1S/C16H27N3O2/c20-15(18-7-2-1-3-8-18)13-17-9-11-19(12-10-17)16(21)14-5-4-6-14/h14H,1-13H2. The molecule has 0 aromatic carbocycles. The van der Waals surface area contributed by atoms with Crippen LogP contribution < -0.4 is 0 Å². The summed E-state index contributed by atoms with van der Waals surface area (Å²) >= 11 is 0. The van der Waals surface area contributed by atoms with Gasteiger partial charge in [0, 0.05) is 45.2 Å². The number of carbonyl (C=O) groups is 2. The molecule has 0 aromatic rings. The van der Waals surface area contributed by atoms with Crippen LogP contribution in [-0.4, -0.2) is 72.3 Å². The molecule has 1 aliphatic carbocycles. The summed E-state index contributed by atoms with van der Waals surface area (Å²) in [7, 11) is 0. The Balaban J connectivity index is 1.40. The Bertz CT molecular complexity index is 381. The molecular formula is C16H27N3O2. The summed E-state index contributed by atoms with van der Waals surface area (Å²) in [6, 6.07) is 0.